The van der Waals surface area contributed by atoms with Gasteiger partial charge in [-0.05, 0) is 42.7 Å². The molecule has 1 atom stereocenters. The number of rotatable bonds is 5. The van der Waals surface area contributed by atoms with Crippen molar-refractivity contribution in [3.8, 4) is 0 Å². The number of hydrogen-bond acceptors (Lipinski definition) is 4. The summed E-state index contributed by atoms with van der Waals surface area (Å²) in [6, 6.07) is 10.7. The zero-order chi connectivity index (χ0) is 13.7. The Kier molecular flexibility index (Phi) is 4.65. The van der Waals surface area contributed by atoms with E-state index in [1.54, 1.807) is 36.0 Å². The Hall–Kier alpha value is -1.72. The number of thioether (sulfide) groups is 1. The molecule has 2 aromatic rings. The van der Waals surface area contributed by atoms with Crippen LogP contribution < -0.4 is 5.32 Å². The van der Waals surface area contributed by atoms with E-state index in [4.69, 9.17) is 4.42 Å². The Balaban J connectivity index is 1.90. The van der Waals surface area contributed by atoms with E-state index >= 15 is 0 Å². The lowest BCUT2D eigenvalue weighted by Gasteiger charge is -2.09. The van der Waals surface area contributed by atoms with Gasteiger partial charge in [-0.15, -0.1) is 11.8 Å². The smallest absolute Gasteiger partial charge is 0.251 e. The molecule has 0 aliphatic heterocycles. The van der Waals surface area contributed by atoms with Gasteiger partial charge in [-0.1, -0.05) is 0 Å². The van der Waals surface area contributed by atoms with Gasteiger partial charge >= 0.3 is 0 Å². The quantitative estimate of drug-likeness (QED) is 0.824. The third kappa shape index (κ3) is 3.62. The highest BCUT2D eigenvalue weighted by atomic mass is 32.2. The Morgan fingerprint density at radius 3 is 2.68 bits per heavy atom. The van der Waals surface area contributed by atoms with Gasteiger partial charge in [-0.3, -0.25) is 4.79 Å². The van der Waals surface area contributed by atoms with E-state index in [1.807, 2.05) is 18.4 Å². The molecule has 5 heteroatoms. The van der Waals surface area contributed by atoms with Gasteiger partial charge in [0.05, 0.1) is 12.8 Å². The molecule has 0 bridgehead atoms. The van der Waals surface area contributed by atoms with Crippen LogP contribution in [0, 0.1) is 0 Å². The summed E-state index contributed by atoms with van der Waals surface area (Å²) in [4.78, 5) is 13.0. The number of aliphatic hydroxyl groups excluding tert-OH is 1. The minimum absolute atomic E-state index is 0.122. The highest BCUT2D eigenvalue weighted by molar-refractivity contribution is 7.98. The van der Waals surface area contributed by atoms with Gasteiger partial charge in [0.15, 0.2) is 0 Å². The highest BCUT2D eigenvalue weighted by Crippen LogP contribution is 2.15. The molecule has 1 amide bonds. The average Bonchev–Trinajstić information content (AvgIpc) is 2.98. The van der Waals surface area contributed by atoms with E-state index in [-0.39, 0.29) is 12.5 Å². The number of carbonyl (C=O) groups excluding carboxylic acids is 1. The van der Waals surface area contributed by atoms with Crippen molar-refractivity contribution in [3.05, 3.63) is 54.0 Å². The first-order valence-corrected chi connectivity index (χ1v) is 7.07. The van der Waals surface area contributed by atoms with E-state index < -0.39 is 6.10 Å². The van der Waals surface area contributed by atoms with Crippen LogP contribution in [0.25, 0.3) is 0 Å². The first-order valence-electron chi connectivity index (χ1n) is 5.84. The maximum absolute atomic E-state index is 11.9. The first kappa shape index (κ1) is 13.7. The van der Waals surface area contributed by atoms with Crippen LogP contribution in [0.1, 0.15) is 22.2 Å². The first-order chi connectivity index (χ1) is 9.20. The summed E-state index contributed by atoms with van der Waals surface area (Å²) >= 11 is 1.62. The average molecular weight is 277 g/mol. The molecule has 0 spiro atoms. The van der Waals surface area contributed by atoms with Crippen LogP contribution in [0.5, 0.6) is 0 Å². The molecule has 4 nitrogen and oxygen atoms in total. The van der Waals surface area contributed by atoms with Crippen LogP contribution in [0.2, 0.25) is 0 Å². The Bertz CT molecular complexity index is 522. The van der Waals surface area contributed by atoms with Crippen LogP contribution in [0.15, 0.2) is 52.0 Å². The molecule has 0 fully saturated rings. The van der Waals surface area contributed by atoms with E-state index in [1.165, 1.54) is 6.26 Å². The van der Waals surface area contributed by atoms with Crippen LogP contribution in [0.3, 0.4) is 0 Å². The van der Waals surface area contributed by atoms with Gasteiger partial charge in [-0.2, -0.15) is 0 Å². The van der Waals surface area contributed by atoms with Gasteiger partial charge in [-0.25, -0.2) is 0 Å². The van der Waals surface area contributed by atoms with Gasteiger partial charge in [0.25, 0.3) is 5.91 Å². The number of carbonyl (C=O) groups is 1. The van der Waals surface area contributed by atoms with E-state index in [2.05, 4.69) is 5.32 Å². The molecule has 0 radical (unpaired) electrons. The normalized spacial score (nSPS) is 12.1. The van der Waals surface area contributed by atoms with Crippen molar-refractivity contribution in [2.75, 3.05) is 12.8 Å². The minimum Gasteiger partial charge on any atom is -0.467 e. The van der Waals surface area contributed by atoms with E-state index in [9.17, 15) is 9.90 Å². The summed E-state index contributed by atoms with van der Waals surface area (Å²) in [7, 11) is 0. The van der Waals surface area contributed by atoms with Crippen molar-refractivity contribution in [2.24, 2.45) is 0 Å². The molecule has 19 heavy (non-hydrogen) atoms. The lowest BCUT2D eigenvalue weighted by molar-refractivity contribution is 0.0901. The molecular formula is C14H15NO3S. The standard InChI is InChI=1S/C14H15NO3S/c1-19-11-6-4-10(5-7-11)14(17)15-9-12(16)13-3-2-8-18-13/h2-8,12,16H,9H2,1H3,(H,15,17). The molecule has 0 aliphatic carbocycles. The Morgan fingerprint density at radius 2 is 2.11 bits per heavy atom. The van der Waals surface area contributed by atoms with Crippen molar-refractivity contribution in [1.29, 1.82) is 0 Å². The second-order valence-corrected chi connectivity index (χ2v) is 4.85. The molecule has 1 heterocycles. The van der Waals surface area contributed by atoms with Gasteiger partial charge in [0.1, 0.15) is 11.9 Å². The summed E-state index contributed by atoms with van der Waals surface area (Å²) in [5.74, 6) is 0.233. The molecular weight excluding hydrogens is 262 g/mol. The van der Waals surface area contributed by atoms with Crippen molar-refractivity contribution in [3.63, 3.8) is 0 Å². The summed E-state index contributed by atoms with van der Waals surface area (Å²) < 4.78 is 5.06. The SMILES string of the molecule is CSc1ccc(C(=O)NCC(O)c2ccco2)cc1. The zero-order valence-electron chi connectivity index (χ0n) is 10.5. The summed E-state index contributed by atoms with van der Waals surface area (Å²) in [5.41, 5.74) is 0.574. The van der Waals surface area contributed by atoms with Crippen molar-refractivity contribution in [2.45, 2.75) is 11.0 Å². The molecule has 0 saturated carbocycles. The lowest BCUT2D eigenvalue weighted by atomic mass is 10.2. The van der Waals surface area contributed by atoms with E-state index in [0.29, 0.717) is 11.3 Å². The number of amides is 1. The lowest BCUT2D eigenvalue weighted by Crippen LogP contribution is -2.28. The molecule has 2 rings (SSSR count). The molecule has 1 aromatic heterocycles. The Labute approximate surface area is 115 Å². The Morgan fingerprint density at radius 1 is 1.37 bits per heavy atom. The zero-order valence-corrected chi connectivity index (χ0v) is 11.3. The molecule has 1 unspecified atom stereocenters. The van der Waals surface area contributed by atoms with Crippen LogP contribution in [-0.2, 0) is 0 Å². The molecule has 0 saturated heterocycles. The minimum atomic E-state index is -0.829. The summed E-state index contributed by atoms with van der Waals surface area (Å²) in [6.07, 6.45) is 2.64. The van der Waals surface area contributed by atoms with Crippen molar-refractivity contribution >= 4 is 17.7 Å². The third-order valence-corrected chi connectivity index (χ3v) is 3.42. The highest BCUT2D eigenvalue weighted by Gasteiger charge is 2.12. The van der Waals surface area contributed by atoms with Crippen LogP contribution in [0.4, 0.5) is 0 Å². The van der Waals surface area contributed by atoms with Crippen molar-refractivity contribution < 1.29 is 14.3 Å². The molecule has 1 aromatic carbocycles. The molecule has 100 valence electrons. The second-order valence-electron chi connectivity index (χ2n) is 3.97. The number of aliphatic hydroxyl groups is 1. The maximum atomic E-state index is 11.9. The topological polar surface area (TPSA) is 62.5 Å². The largest absolute Gasteiger partial charge is 0.467 e. The van der Waals surface area contributed by atoms with Gasteiger partial charge in [0, 0.05) is 10.5 Å². The number of nitrogens with one attached hydrogen (secondary N) is 1. The summed E-state index contributed by atoms with van der Waals surface area (Å²) in [6.45, 7) is 0.122. The second kappa shape index (κ2) is 6.45. The van der Waals surface area contributed by atoms with Crippen molar-refractivity contribution in [1.82, 2.24) is 5.32 Å². The monoisotopic (exact) mass is 277 g/mol. The third-order valence-electron chi connectivity index (χ3n) is 2.68. The predicted octanol–water partition coefficient (Wildman–Crippen LogP) is 2.46. The number of benzene rings is 1. The fraction of sp³-hybridized carbons (Fsp3) is 0.214. The van der Waals surface area contributed by atoms with Crippen LogP contribution >= 0.6 is 11.8 Å². The molecule has 2 N–H and O–H groups in total. The van der Waals surface area contributed by atoms with Gasteiger partial charge < -0.3 is 14.8 Å². The number of hydrogen-bond donors (Lipinski definition) is 2. The summed E-state index contributed by atoms with van der Waals surface area (Å²) in [5, 5.41) is 12.4. The maximum Gasteiger partial charge on any atom is 0.251 e. The van der Waals surface area contributed by atoms with Crippen LogP contribution in [-0.4, -0.2) is 23.8 Å². The molecule has 0 aliphatic rings. The fourth-order valence-corrected chi connectivity index (χ4v) is 2.02. The number of furan rings is 1. The van der Waals surface area contributed by atoms with E-state index in [0.717, 1.165) is 4.90 Å². The predicted molar refractivity (Wildman–Crippen MR) is 74.2 cm³/mol. The van der Waals surface area contributed by atoms with Gasteiger partial charge in [0.2, 0.25) is 0 Å². The fourth-order valence-electron chi connectivity index (χ4n) is 1.62.